The first-order valence-electron chi connectivity index (χ1n) is 6.87. The number of nitrogens with zero attached hydrogens (tertiary/aromatic N) is 1. The van der Waals surface area contributed by atoms with E-state index in [0.717, 1.165) is 19.4 Å². The molecule has 0 radical (unpaired) electrons. The van der Waals surface area contributed by atoms with Crippen LogP contribution in [-0.2, 0) is 10.2 Å². The topological polar surface area (TPSA) is 40.3 Å². The molecule has 1 aromatic rings. The fourth-order valence-electron chi connectivity index (χ4n) is 2.78. The molecular formula is C16H22NO2+. The molecule has 19 heavy (non-hydrogen) atoms. The lowest BCUT2D eigenvalue weighted by Gasteiger charge is -2.14. The van der Waals surface area contributed by atoms with E-state index >= 15 is 0 Å². The Balaban J connectivity index is 2.16. The third-order valence-corrected chi connectivity index (χ3v) is 4.20. The highest BCUT2D eigenvalue weighted by Crippen LogP contribution is 2.39. The van der Waals surface area contributed by atoms with Gasteiger partial charge in [0.05, 0.1) is 5.41 Å². The molecule has 102 valence electrons. The van der Waals surface area contributed by atoms with Crippen LogP contribution in [0.2, 0.25) is 0 Å². The zero-order valence-corrected chi connectivity index (χ0v) is 11.9. The summed E-state index contributed by atoms with van der Waals surface area (Å²) >= 11 is 0. The predicted octanol–water partition coefficient (Wildman–Crippen LogP) is 3.34. The van der Waals surface area contributed by atoms with Crippen molar-refractivity contribution < 1.29 is 14.5 Å². The smallest absolute Gasteiger partial charge is 0.303 e. The second-order valence-electron chi connectivity index (χ2n) is 5.73. The number of carbonyl (C=O) groups is 1. The summed E-state index contributed by atoms with van der Waals surface area (Å²) in [6.45, 7) is 7.58. The van der Waals surface area contributed by atoms with E-state index in [4.69, 9.17) is 5.11 Å². The van der Waals surface area contributed by atoms with Gasteiger partial charge in [0.25, 0.3) is 0 Å². The van der Waals surface area contributed by atoms with E-state index in [0.29, 0.717) is 0 Å². The fraction of sp³-hybridized carbons (Fsp3) is 0.500. The van der Waals surface area contributed by atoms with Crippen LogP contribution in [0, 0.1) is 0 Å². The van der Waals surface area contributed by atoms with Crippen LogP contribution in [0.1, 0.15) is 45.6 Å². The molecule has 0 saturated carbocycles. The molecule has 0 saturated heterocycles. The van der Waals surface area contributed by atoms with Crippen molar-refractivity contribution in [1.29, 1.82) is 0 Å². The van der Waals surface area contributed by atoms with Gasteiger partial charge in [0, 0.05) is 31.4 Å². The number of hydrogen-bond donors (Lipinski definition) is 1. The Hall–Kier alpha value is -1.64. The van der Waals surface area contributed by atoms with E-state index < -0.39 is 5.97 Å². The summed E-state index contributed by atoms with van der Waals surface area (Å²) in [6, 6.07) is 8.50. The van der Waals surface area contributed by atoms with Gasteiger partial charge in [-0.1, -0.05) is 18.2 Å². The third kappa shape index (κ3) is 2.55. The summed E-state index contributed by atoms with van der Waals surface area (Å²) in [4.78, 5) is 10.5. The summed E-state index contributed by atoms with van der Waals surface area (Å²) in [5.41, 5.74) is 4.07. The van der Waals surface area contributed by atoms with Crippen LogP contribution in [0.4, 0.5) is 5.69 Å². The molecule has 0 unspecified atom stereocenters. The highest BCUT2D eigenvalue weighted by atomic mass is 16.4. The third-order valence-electron chi connectivity index (χ3n) is 4.20. The molecule has 2 rings (SSSR count). The van der Waals surface area contributed by atoms with Gasteiger partial charge in [0.2, 0.25) is 5.69 Å². The van der Waals surface area contributed by atoms with Gasteiger partial charge in [-0.05, 0) is 20.3 Å². The molecule has 0 bridgehead atoms. The van der Waals surface area contributed by atoms with E-state index in [2.05, 4.69) is 49.6 Å². The van der Waals surface area contributed by atoms with Crippen LogP contribution in [0.3, 0.4) is 0 Å². The molecule has 0 aromatic heterocycles. The lowest BCUT2D eigenvalue weighted by atomic mass is 9.82. The average molecular weight is 260 g/mol. The van der Waals surface area contributed by atoms with Crippen molar-refractivity contribution in [3.8, 4) is 0 Å². The first kappa shape index (κ1) is 13.8. The van der Waals surface area contributed by atoms with E-state index in [1.807, 2.05) is 0 Å². The number of rotatable bonds is 5. The first-order chi connectivity index (χ1) is 8.94. The minimum absolute atomic E-state index is 0.0728. The molecule has 0 aliphatic carbocycles. The second-order valence-corrected chi connectivity index (χ2v) is 5.73. The molecular weight excluding hydrogens is 238 g/mol. The van der Waals surface area contributed by atoms with Crippen molar-refractivity contribution in [2.24, 2.45) is 0 Å². The van der Waals surface area contributed by atoms with Gasteiger partial charge in [0.15, 0.2) is 5.71 Å². The Labute approximate surface area is 114 Å². The number of carboxylic acid groups (broad SMARTS) is 1. The van der Waals surface area contributed by atoms with Crippen LogP contribution < -0.4 is 0 Å². The highest BCUT2D eigenvalue weighted by molar-refractivity contribution is 5.93. The Kier molecular flexibility index (Phi) is 3.74. The van der Waals surface area contributed by atoms with E-state index in [1.54, 1.807) is 0 Å². The second kappa shape index (κ2) is 5.16. The van der Waals surface area contributed by atoms with Crippen molar-refractivity contribution in [3.63, 3.8) is 0 Å². The van der Waals surface area contributed by atoms with Gasteiger partial charge >= 0.3 is 5.97 Å². The number of benzene rings is 1. The van der Waals surface area contributed by atoms with E-state index in [-0.39, 0.29) is 11.8 Å². The molecule has 1 aromatic carbocycles. The Morgan fingerprint density at radius 1 is 1.26 bits per heavy atom. The van der Waals surface area contributed by atoms with Crippen molar-refractivity contribution in [3.05, 3.63) is 29.8 Å². The van der Waals surface area contributed by atoms with Gasteiger partial charge in [-0.2, -0.15) is 4.58 Å². The molecule has 1 N–H and O–H groups in total. The number of carboxylic acids is 1. The summed E-state index contributed by atoms with van der Waals surface area (Å²) in [5, 5.41) is 8.68. The minimum atomic E-state index is -0.706. The first-order valence-corrected chi connectivity index (χ1v) is 6.87. The lowest BCUT2D eigenvalue weighted by molar-refractivity contribution is -0.439. The molecule has 0 atom stereocenters. The van der Waals surface area contributed by atoms with Gasteiger partial charge < -0.3 is 5.11 Å². The summed E-state index contributed by atoms with van der Waals surface area (Å²) in [5.74, 6) is -0.706. The highest BCUT2D eigenvalue weighted by Gasteiger charge is 2.42. The monoisotopic (exact) mass is 260 g/mol. The lowest BCUT2D eigenvalue weighted by Crippen LogP contribution is -2.26. The number of hydrogen-bond acceptors (Lipinski definition) is 1. The number of fused-ring (bicyclic) bond motifs is 1. The Morgan fingerprint density at radius 3 is 2.63 bits per heavy atom. The van der Waals surface area contributed by atoms with Crippen molar-refractivity contribution >= 4 is 17.4 Å². The summed E-state index contributed by atoms with van der Waals surface area (Å²) in [7, 11) is 0. The van der Waals surface area contributed by atoms with Gasteiger partial charge in [0.1, 0.15) is 6.54 Å². The average Bonchev–Trinajstić information content (AvgIpc) is 2.55. The zero-order valence-electron chi connectivity index (χ0n) is 11.9. The van der Waals surface area contributed by atoms with Crippen molar-refractivity contribution in [2.45, 2.75) is 45.4 Å². The summed E-state index contributed by atoms with van der Waals surface area (Å²) < 4.78 is 2.34. The Morgan fingerprint density at radius 2 is 1.95 bits per heavy atom. The van der Waals surface area contributed by atoms with Crippen molar-refractivity contribution in [2.75, 3.05) is 6.54 Å². The van der Waals surface area contributed by atoms with Crippen LogP contribution >= 0.6 is 0 Å². The van der Waals surface area contributed by atoms with Gasteiger partial charge in [-0.3, -0.25) is 4.79 Å². The molecule has 0 spiro atoms. The quantitative estimate of drug-likeness (QED) is 0.651. The molecule has 1 heterocycles. The number of para-hydroxylation sites is 1. The zero-order chi connectivity index (χ0) is 14.0. The largest absolute Gasteiger partial charge is 0.481 e. The number of unbranched alkanes of at least 4 members (excludes halogenated alkanes) is 1. The molecule has 3 nitrogen and oxygen atoms in total. The molecule has 1 aliphatic heterocycles. The van der Waals surface area contributed by atoms with E-state index in [1.165, 1.54) is 17.0 Å². The molecule has 0 amide bonds. The van der Waals surface area contributed by atoms with E-state index in [9.17, 15) is 4.79 Å². The maximum absolute atomic E-state index is 10.5. The van der Waals surface area contributed by atoms with Crippen LogP contribution in [0.5, 0.6) is 0 Å². The number of aliphatic carboxylic acids is 1. The maximum Gasteiger partial charge on any atom is 0.303 e. The normalized spacial score (nSPS) is 16.6. The fourth-order valence-corrected chi connectivity index (χ4v) is 2.78. The molecule has 0 fully saturated rings. The molecule has 1 aliphatic rings. The van der Waals surface area contributed by atoms with Crippen LogP contribution in [0.15, 0.2) is 24.3 Å². The van der Waals surface area contributed by atoms with Gasteiger partial charge in [-0.15, -0.1) is 0 Å². The SMILES string of the molecule is CC1=[N+](CCCCC(=O)O)c2ccccc2C1(C)C. The maximum atomic E-state index is 10.5. The molecule has 3 heteroatoms. The Bertz CT molecular complexity index is 529. The predicted molar refractivity (Wildman–Crippen MR) is 76.4 cm³/mol. The van der Waals surface area contributed by atoms with Crippen LogP contribution in [-0.4, -0.2) is 27.9 Å². The standard InChI is InChI=1S/C16H21NO2/c1-12-16(2,3)13-8-4-5-9-14(13)17(12)11-7-6-10-15(18)19/h4-5,8-9H,6-7,10-11H2,1-3H3/p+1. The van der Waals surface area contributed by atoms with Crippen molar-refractivity contribution in [1.82, 2.24) is 0 Å². The van der Waals surface area contributed by atoms with Crippen LogP contribution in [0.25, 0.3) is 0 Å². The summed E-state index contributed by atoms with van der Waals surface area (Å²) in [6.07, 6.45) is 1.91. The minimum Gasteiger partial charge on any atom is -0.481 e. The van der Waals surface area contributed by atoms with Gasteiger partial charge in [-0.25, -0.2) is 0 Å².